The summed E-state index contributed by atoms with van der Waals surface area (Å²) in [5.74, 6) is -1.03. The molecule has 4 nitrogen and oxygen atoms in total. The Morgan fingerprint density at radius 1 is 1.10 bits per heavy atom. The van der Waals surface area contributed by atoms with Crippen molar-refractivity contribution in [2.75, 3.05) is 0 Å². The third-order valence-corrected chi connectivity index (χ3v) is 2.78. The first-order chi connectivity index (χ1) is 9.58. The first-order valence-corrected chi connectivity index (χ1v) is 6.05. The number of pyridine rings is 1. The van der Waals surface area contributed by atoms with Crippen LogP contribution < -0.4 is 5.32 Å². The zero-order chi connectivity index (χ0) is 14.5. The number of benzene rings is 1. The molecule has 1 unspecified atom stereocenters. The van der Waals surface area contributed by atoms with Crippen LogP contribution in [-0.4, -0.2) is 16.7 Å². The Bertz CT molecular complexity index is 612. The van der Waals surface area contributed by atoms with Gasteiger partial charge in [0.15, 0.2) is 5.78 Å². The highest BCUT2D eigenvalue weighted by Crippen LogP contribution is 2.18. The SMILES string of the molecule is CC(=O)NC(C(=O)c1ccc(F)cc1)c1ccncc1. The molecule has 0 aliphatic heterocycles. The van der Waals surface area contributed by atoms with Crippen molar-refractivity contribution < 1.29 is 14.0 Å². The van der Waals surface area contributed by atoms with Gasteiger partial charge in [-0.25, -0.2) is 4.39 Å². The molecule has 1 amide bonds. The molecule has 2 aromatic rings. The number of amides is 1. The summed E-state index contributed by atoms with van der Waals surface area (Å²) in [6, 6.07) is 7.72. The van der Waals surface area contributed by atoms with Crippen LogP contribution in [0.3, 0.4) is 0 Å². The highest BCUT2D eigenvalue weighted by Gasteiger charge is 2.22. The summed E-state index contributed by atoms with van der Waals surface area (Å²) in [5, 5.41) is 2.60. The van der Waals surface area contributed by atoms with Gasteiger partial charge in [-0.1, -0.05) is 0 Å². The van der Waals surface area contributed by atoms with E-state index in [2.05, 4.69) is 10.3 Å². The molecule has 0 bridgehead atoms. The van der Waals surface area contributed by atoms with Crippen molar-refractivity contribution in [3.8, 4) is 0 Å². The van der Waals surface area contributed by atoms with Gasteiger partial charge in [0, 0.05) is 24.9 Å². The van der Waals surface area contributed by atoms with Crippen molar-refractivity contribution >= 4 is 11.7 Å². The van der Waals surface area contributed by atoms with Gasteiger partial charge in [0.05, 0.1) is 0 Å². The molecule has 0 aliphatic rings. The fourth-order valence-corrected chi connectivity index (χ4v) is 1.84. The van der Waals surface area contributed by atoms with Crippen molar-refractivity contribution in [2.24, 2.45) is 0 Å². The van der Waals surface area contributed by atoms with Gasteiger partial charge in [-0.3, -0.25) is 14.6 Å². The van der Waals surface area contributed by atoms with Crippen LogP contribution in [0.1, 0.15) is 28.9 Å². The van der Waals surface area contributed by atoms with Gasteiger partial charge < -0.3 is 5.32 Å². The van der Waals surface area contributed by atoms with Crippen LogP contribution in [0.5, 0.6) is 0 Å². The average Bonchev–Trinajstić information content (AvgIpc) is 2.45. The van der Waals surface area contributed by atoms with E-state index in [4.69, 9.17) is 0 Å². The molecule has 1 aromatic carbocycles. The van der Waals surface area contributed by atoms with E-state index in [1.807, 2.05) is 0 Å². The highest BCUT2D eigenvalue weighted by atomic mass is 19.1. The number of Topliss-reactive ketones (excluding diaryl/α,β-unsaturated/α-hetero) is 1. The summed E-state index contributed by atoms with van der Waals surface area (Å²) in [4.78, 5) is 27.6. The number of hydrogen-bond acceptors (Lipinski definition) is 3. The van der Waals surface area contributed by atoms with Crippen molar-refractivity contribution in [3.63, 3.8) is 0 Å². The normalized spacial score (nSPS) is 11.7. The van der Waals surface area contributed by atoms with Crippen LogP contribution in [0.15, 0.2) is 48.8 Å². The Morgan fingerprint density at radius 2 is 1.70 bits per heavy atom. The average molecular weight is 272 g/mol. The first-order valence-electron chi connectivity index (χ1n) is 6.05. The zero-order valence-electron chi connectivity index (χ0n) is 10.8. The number of rotatable bonds is 4. The predicted octanol–water partition coefficient (Wildman–Crippen LogP) is 2.28. The summed E-state index contributed by atoms with van der Waals surface area (Å²) in [7, 11) is 0. The minimum atomic E-state index is -0.805. The van der Waals surface area contributed by atoms with Gasteiger partial charge in [-0.15, -0.1) is 0 Å². The Balaban J connectivity index is 2.34. The topological polar surface area (TPSA) is 59.1 Å². The van der Waals surface area contributed by atoms with E-state index in [-0.39, 0.29) is 11.7 Å². The maximum absolute atomic E-state index is 12.9. The number of nitrogens with one attached hydrogen (secondary N) is 1. The van der Waals surface area contributed by atoms with Gasteiger partial charge >= 0.3 is 0 Å². The quantitative estimate of drug-likeness (QED) is 0.869. The molecule has 1 atom stereocenters. The minimum Gasteiger partial charge on any atom is -0.342 e. The van der Waals surface area contributed by atoms with Crippen molar-refractivity contribution in [1.29, 1.82) is 0 Å². The molecular weight excluding hydrogens is 259 g/mol. The molecule has 1 N–H and O–H groups in total. The maximum Gasteiger partial charge on any atom is 0.217 e. The molecule has 0 spiro atoms. The predicted molar refractivity (Wildman–Crippen MR) is 71.5 cm³/mol. The highest BCUT2D eigenvalue weighted by molar-refractivity contribution is 6.02. The standard InChI is InChI=1S/C15H13FN2O2/c1-10(19)18-14(11-6-8-17-9-7-11)15(20)12-2-4-13(16)5-3-12/h2-9,14H,1H3,(H,18,19). The van der Waals surface area contributed by atoms with Crippen LogP contribution in [-0.2, 0) is 4.79 Å². The third kappa shape index (κ3) is 3.26. The number of aromatic nitrogens is 1. The maximum atomic E-state index is 12.9. The number of carbonyl (C=O) groups is 2. The first kappa shape index (κ1) is 13.9. The van der Waals surface area contributed by atoms with Gasteiger partial charge in [-0.05, 0) is 42.0 Å². The van der Waals surface area contributed by atoms with Crippen LogP contribution in [0.2, 0.25) is 0 Å². The molecule has 0 saturated carbocycles. The van der Waals surface area contributed by atoms with Gasteiger partial charge in [0.25, 0.3) is 0 Å². The van der Waals surface area contributed by atoms with E-state index in [0.29, 0.717) is 11.1 Å². The Labute approximate surface area is 115 Å². The second-order valence-corrected chi connectivity index (χ2v) is 4.29. The smallest absolute Gasteiger partial charge is 0.217 e. The molecule has 0 fully saturated rings. The van der Waals surface area contributed by atoms with E-state index in [1.165, 1.54) is 31.2 Å². The summed E-state index contributed by atoms with van der Waals surface area (Å²) < 4.78 is 12.9. The van der Waals surface area contributed by atoms with Crippen LogP contribution >= 0.6 is 0 Å². The fraction of sp³-hybridized carbons (Fsp3) is 0.133. The van der Waals surface area contributed by atoms with E-state index in [1.54, 1.807) is 24.5 Å². The summed E-state index contributed by atoms with van der Waals surface area (Å²) in [6.45, 7) is 1.34. The third-order valence-electron chi connectivity index (χ3n) is 2.78. The lowest BCUT2D eigenvalue weighted by atomic mass is 9.98. The molecule has 0 radical (unpaired) electrons. The lowest BCUT2D eigenvalue weighted by molar-refractivity contribution is -0.119. The lowest BCUT2D eigenvalue weighted by Crippen LogP contribution is -2.32. The van der Waals surface area contributed by atoms with Crippen LogP contribution in [0.4, 0.5) is 4.39 Å². The number of nitrogens with zero attached hydrogens (tertiary/aromatic N) is 1. The molecule has 102 valence electrons. The van der Waals surface area contributed by atoms with E-state index in [9.17, 15) is 14.0 Å². The molecule has 0 saturated heterocycles. The number of hydrogen-bond donors (Lipinski definition) is 1. The second kappa shape index (κ2) is 6.06. The van der Waals surface area contributed by atoms with Crippen molar-refractivity contribution in [1.82, 2.24) is 10.3 Å². The summed E-state index contributed by atoms with van der Waals surface area (Å²) >= 11 is 0. The van der Waals surface area contributed by atoms with E-state index in [0.717, 1.165) is 0 Å². The molecule has 5 heteroatoms. The molecule has 0 aliphatic carbocycles. The van der Waals surface area contributed by atoms with Crippen molar-refractivity contribution in [3.05, 3.63) is 65.7 Å². The summed E-state index contributed by atoms with van der Waals surface area (Å²) in [6.07, 6.45) is 3.09. The Hall–Kier alpha value is -2.56. The molecule has 2 rings (SSSR count). The number of ketones is 1. The molecule has 1 aromatic heterocycles. The van der Waals surface area contributed by atoms with Gasteiger partial charge in [-0.2, -0.15) is 0 Å². The van der Waals surface area contributed by atoms with E-state index >= 15 is 0 Å². The molecule has 20 heavy (non-hydrogen) atoms. The van der Waals surface area contributed by atoms with Gasteiger partial charge in [0.2, 0.25) is 5.91 Å². The Morgan fingerprint density at radius 3 is 2.25 bits per heavy atom. The number of carbonyl (C=O) groups excluding carboxylic acids is 2. The fourth-order valence-electron chi connectivity index (χ4n) is 1.84. The largest absolute Gasteiger partial charge is 0.342 e. The Kier molecular flexibility index (Phi) is 4.20. The van der Waals surface area contributed by atoms with Crippen LogP contribution in [0.25, 0.3) is 0 Å². The van der Waals surface area contributed by atoms with Gasteiger partial charge in [0.1, 0.15) is 11.9 Å². The van der Waals surface area contributed by atoms with Crippen LogP contribution in [0, 0.1) is 5.82 Å². The van der Waals surface area contributed by atoms with E-state index < -0.39 is 11.9 Å². The molecule has 1 heterocycles. The lowest BCUT2D eigenvalue weighted by Gasteiger charge is -2.17. The second-order valence-electron chi connectivity index (χ2n) is 4.29. The zero-order valence-corrected chi connectivity index (χ0v) is 10.8. The number of halogens is 1. The molecular formula is C15H13FN2O2. The van der Waals surface area contributed by atoms with Crippen molar-refractivity contribution in [2.45, 2.75) is 13.0 Å². The summed E-state index contributed by atoms with van der Waals surface area (Å²) in [5.41, 5.74) is 0.964. The monoisotopic (exact) mass is 272 g/mol. The minimum absolute atomic E-state index is 0.300.